The topological polar surface area (TPSA) is 46.3 Å². The van der Waals surface area contributed by atoms with Crippen LogP contribution >= 0.6 is 12.4 Å². The summed E-state index contributed by atoms with van der Waals surface area (Å²) in [7, 11) is 1.84. The molecule has 3 nitrogen and oxygen atoms in total. The molecular formula is C18H23ClN2O. The summed E-state index contributed by atoms with van der Waals surface area (Å²) < 4.78 is 0. The predicted octanol–water partition coefficient (Wildman–Crippen LogP) is 3.45. The second-order valence-electron chi connectivity index (χ2n) is 5.34. The van der Waals surface area contributed by atoms with E-state index in [1.54, 1.807) is 4.90 Å². The summed E-state index contributed by atoms with van der Waals surface area (Å²) >= 11 is 0. The molecule has 0 bridgehead atoms. The van der Waals surface area contributed by atoms with E-state index in [1.807, 2.05) is 31.3 Å². The number of likely N-dealkylation sites (N-methyl/N-ethyl adjacent to an activating group) is 1. The van der Waals surface area contributed by atoms with E-state index in [0.717, 1.165) is 23.2 Å². The average molecular weight is 319 g/mol. The van der Waals surface area contributed by atoms with Gasteiger partial charge in [-0.2, -0.15) is 0 Å². The summed E-state index contributed by atoms with van der Waals surface area (Å²) in [5.41, 5.74) is 9.82. The SMILES string of the molecule is CCc1ccc(CN(C)C(=O)Cc2ccc(N)cc2)cc1.Cl. The molecule has 0 spiro atoms. The van der Waals surface area contributed by atoms with Gasteiger partial charge in [0.25, 0.3) is 0 Å². The molecule has 0 aliphatic carbocycles. The molecule has 0 aromatic heterocycles. The van der Waals surface area contributed by atoms with Gasteiger partial charge in [-0.15, -0.1) is 12.4 Å². The molecule has 22 heavy (non-hydrogen) atoms. The third kappa shape index (κ3) is 5.08. The maximum Gasteiger partial charge on any atom is 0.227 e. The smallest absolute Gasteiger partial charge is 0.227 e. The molecule has 0 heterocycles. The highest BCUT2D eigenvalue weighted by molar-refractivity contribution is 5.85. The molecule has 0 saturated heterocycles. The maximum absolute atomic E-state index is 12.2. The van der Waals surface area contributed by atoms with Gasteiger partial charge in [0.2, 0.25) is 5.91 Å². The van der Waals surface area contributed by atoms with E-state index < -0.39 is 0 Å². The van der Waals surface area contributed by atoms with Crippen molar-refractivity contribution in [2.45, 2.75) is 26.3 Å². The predicted molar refractivity (Wildman–Crippen MR) is 94.1 cm³/mol. The number of benzene rings is 2. The number of anilines is 1. The molecule has 0 aliphatic heterocycles. The zero-order valence-electron chi connectivity index (χ0n) is 13.1. The van der Waals surface area contributed by atoms with E-state index in [0.29, 0.717) is 13.0 Å². The van der Waals surface area contributed by atoms with E-state index in [4.69, 9.17) is 5.73 Å². The van der Waals surface area contributed by atoms with Gasteiger partial charge in [-0.05, 0) is 35.2 Å². The Hall–Kier alpha value is -2.00. The first-order valence-corrected chi connectivity index (χ1v) is 7.24. The van der Waals surface area contributed by atoms with Gasteiger partial charge in [0.15, 0.2) is 0 Å². The Morgan fingerprint density at radius 2 is 1.45 bits per heavy atom. The molecule has 0 aliphatic rings. The standard InChI is InChI=1S/C18H22N2O.ClH/c1-3-14-4-6-16(7-5-14)13-20(2)18(21)12-15-8-10-17(19)11-9-15;/h4-11H,3,12-13,19H2,1-2H3;1H. The molecule has 4 heteroatoms. The number of carbonyl (C=O) groups is 1. The maximum atomic E-state index is 12.2. The number of aryl methyl sites for hydroxylation is 1. The Balaban J connectivity index is 0.00000242. The van der Waals surface area contributed by atoms with Crippen LogP contribution < -0.4 is 5.73 Å². The number of rotatable bonds is 5. The first-order chi connectivity index (χ1) is 10.1. The minimum absolute atomic E-state index is 0. The summed E-state index contributed by atoms with van der Waals surface area (Å²) in [5.74, 6) is 0.110. The summed E-state index contributed by atoms with van der Waals surface area (Å²) in [6.07, 6.45) is 1.44. The van der Waals surface area contributed by atoms with Crippen molar-refractivity contribution in [3.05, 3.63) is 65.2 Å². The van der Waals surface area contributed by atoms with E-state index in [1.165, 1.54) is 5.56 Å². The quantitative estimate of drug-likeness (QED) is 0.858. The summed E-state index contributed by atoms with van der Waals surface area (Å²) in [6, 6.07) is 15.9. The highest BCUT2D eigenvalue weighted by atomic mass is 35.5. The Morgan fingerprint density at radius 1 is 0.955 bits per heavy atom. The second-order valence-corrected chi connectivity index (χ2v) is 5.34. The van der Waals surface area contributed by atoms with Gasteiger partial charge in [-0.1, -0.05) is 43.3 Å². The number of halogens is 1. The average Bonchev–Trinajstić information content (AvgIpc) is 2.50. The third-order valence-corrected chi connectivity index (χ3v) is 3.61. The van der Waals surface area contributed by atoms with Gasteiger partial charge in [-0.25, -0.2) is 0 Å². The van der Waals surface area contributed by atoms with Crippen molar-refractivity contribution in [1.29, 1.82) is 0 Å². The first kappa shape index (κ1) is 18.1. The van der Waals surface area contributed by atoms with Crippen molar-refractivity contribution in [3.63, 3.8) is 0 Å². The van der Waals surface area contributed by atoms with Crippen molar-refractivity contribution in [3.8, 4) is 0 Å². The van der Waals surface area contributed by atoms with Crippen molar-refractivity contribution in [2.75, 3.05) is 12.8 Å². The van der Waals surface area contributed by atoms with Crippen LogP contribution in [0.1, 0.15) is 23.6 Å². The van der Waals surface area contributed by atoms with Gasteiger partial charge < -0.3 is 10.6 Å². The van der Waals surface area contributed by atoms with E-state index >= 15 is 0 Å². The zero-order valence-corrected chi connectivity index (χ0v) is 13.9. The largest absolute Gasteiger partial charge is 0.399 e. The molecule has 0 radical (unpaired) electrons. The van der Waals surface area contributed by atoms with Crippen LogP contribution in [-0.4, -0.2) is 17.9 Å². The van der Waals surface area contributed by atoms with Gasteiger partial charge in [0, 0.05) is 19.3 Å². The summed E-state index contributed by atoms with van der Waals surface area (Å²) in [5, 5.41) is 0. The van der Waals surface area contributed by atoms with E-state index in [9.17, 15) is 4.79 Å². The van der Waals surface area contributed by atoms with Crippen LogP contribution in [0, 0.1) is 0 Å². The molecule has 0 fully saturated rings. The van der Waals surface area contributed by atoms with Crippen LogP contribution in [0.5, 0.6) is 0 Å². The fraction of sp³-hybridized carbons (Fsp3) is 0.278. The first-order valence-electron chi connectivity index (χ1n) is 7.24. The number of amides is 1. The Kier molecular flexibility index (Phi) is 6.93. The van der Waals surface area contributed by atoms with Gasteiger partial charge >= 0.3 is 0 Å². The van der Waals surface area contributed by atoms with Crippen LogP contribution in [0.25, 0.3) is 0 Å². The van der Waals surface area contributed by atoms with Gasteiger partial charge in [0.05, 0.1) is 6.42 Å². The normalized spacial score (nSPS) is 9.91. The minimum Gasteiger partial charge on any atom is -0.399 e. The Bertz CT molecular complexity index is 593. The number of hydrogen-bond acceptors (Lipinski definition) is 2. The lowest BCUT2D eigenvalue weighted by molar-refractivity contribution is -0.129. The van der Waals surface area contributed by atoms with Crippen LogP contribution in [0.4, 0.5) is 5.69 Å². The van der Waals surface area contributed by atoms with E-state index in [2.05, 4.69) is 31.2 Å². The van der Waals surface area contributed by atoms with Crippen LogP contribution in [0.2, 0.25) is 0 Å². The number of carbonyl (C=O) groups excluding carboxylic acids is 1. The number of nitrogens with two attached hydrogens (primary N) is 1. The monoisotopic (exact) mass is 318 g/mol. The molecule has 2 rings (SSSR count). The summed E-state index contributed by atoms with van der Waals surface area (Å²) in [4.78, 5) is 14.0. The lowest BCUT2D eigenvalue weighted by Crippen LogP contribution is -2.27. The molecule has 118 valence electrons. The second kappa shape index (κ2) is 8.44. The molecule has 2 N–H and O–H groups in total. The number of nitrogen functional groups attached to an aromatic ring is 1. The van der Waals surface area contributed by atoms with Crippen molar-refractivity contribution in [1.82, 2.24) is 4.90 Å². The fourth-order valence-electron chi connectivity index (χ4n) is 2.19. The fourth-order valence-corrected chi connectivity index (χ4v) is 2.19. The summed E-state index contributed by atoms with van der Waals surface area (Å²) in [6.45, 7) is 2.77. The van der Waals surface area contributed by atoms with Gasteiger partial charge in [0.1, 0.15) is 0 Å². The van der Waals surface area contributed by atoms with Crippen LogP contribution in [0.3, 0.4) is 0 Å². The van der Waals surface area contributed by atoms with Crippen molar-refractivity contribution < 1.29 is 4.79 Å². The molecule has 1 amide bonds. The van der Waals surface area contributed by atoms with Gasteiger partial charge in [-0.3, -0.25) is 4.79 Å². The minimum atomic E-state index is 0. The third-order valence-electron chi connectivity index (χ3n) is 3.61. The highest BCUT2D eigenvalue weighted by Gasteiger charge is 2.10. The van der Waals surface area contributed by atoms with E-state index in [-0.39, 0.29) is 18.3 Å². The molecule has 0 atom stereocenters. The number of hydrogen-bond donors (Lipinski definition) is 1. The molecule has 2 aromatic rings. The molecular weight excluding hydrogens is 296 g/mol. The molecule has 2 aromatic carbocycles. The van der Waals surface area contributed by atoms with Crippen molar-refractivity contribution in [2.24, 2.45) is 0 Å². The lowest BCUT2D eigenvalue weighted by Gasteiger charge is -2.17. The Labute approximate surface area is 138 Å². The molecule has 0 unspecified atom stereocenters. The zero-order chi connectivity index (χ0) is 15.2. The van der Waals surface area contributed by atoms with Crippen LogP contribution in [-0.2, 0) is 24.2 Å². The highest BCUT2D eigenvalue weighted by Crippen LogP contribution is 2.10. The van der Waals surface area contributed by atoms with Crippen LogP contribution in [0.15, 0.2) is 48.5 Å². The number of nitrogens with zero attached hydrogens (tertiary/aromatic N) is 1. The van der Waals surface area contributed by atoms with Crippen molar-refractivity contribution >= 4 is 24.0 Å². The molecule has 0 saturated carbocycles. The lowest BCUT2D eigenvalue weighted by atomic mass is 10.1. The Morgan fingerprint density at radius 3 is 2.00 bits per heavy atom.